The van der Waals surface area contributed by atoms with Crippen LogP contribution in [0, 0.1) is 5.92 Å². The van der Waals surface area contributed by atoms with E-state index in [0.29, 0.717) is 12.8 Å². The molecule has 0 aromatic heterocycles. The zero-order valence-corrected chi connectivity index (χ0v) is 5.48. The molecule has 0 radical (unpaired) electrons. The molecule has 9 heavy (non-hydrogen) atoms. The summed E-state index contributed by atoms with van der Waals surface area (Å²) in [4.78, 5) is 0. The SMILES string of the molecule is CCCC(CO)C(F)F. The molecule has 56 valence electrons. The Kier molecular flexibility index (Phi) is 4.58. The number of hydrogen-bond acceptors (Lipinski definition) is 1. The molecular weight excluding hydrogens is 126 g/mol. The second-order valence-corrected chi connectivity index (χ2v) is 2.07. The van der Waals surface area contributed by atoms with Gasteiger partial charge in [0, 0.05) is 5.92 Å². The first-order valence-electron chi connectivity index (χ1n) is 3.11. The van der Waals surface area contributed by atoms with Crippen LogP contribution in [0.25, 0.3) is 0 Å². The van der Waals surface area contributed by atoms with Crippen LogP contribution in [0.3, 0.4) is 0 Å². The minimum Gasteiger partial charge on any atom is -0.396 e. The molecule has 0 fully saturated rings. The number of hydrogen-bond donors (Lipinski definition) is 1. The molecule has 0 aliphatic heterocycles. The maximum atomic E-state index is 11.7. The normalized spacial score (nSPS) is 14.3. The number of rotatable bonds is 4. The molecule has 3 heteroatoms. The van der Waals surface area contributed by atoms with Gasteiger partial charge < -0.3 is 5.11 Å². The molecule has 0 aliphatic rings. The van der Waals surface area contributed by atoms with Crippen molar-refractivity contribution in [2.45, 2.75) is 26.2 Å². The first kappa shape index (κ1) is 8.82. The van der Waals surface area contributed by atoms with E-state index in [9.17, 15) is 8.78 Å². The van der Waals surface area contributed by atoms with Crippen molar-refractivity contribution in [3.8, 4) is 0 Å². The Morgan fingerprint density at radius 3 is 2.11 bits per heavy atom. The summed E-state index contributed by atoms with van der Waals surface area (Å²) in [7, 11) is 0. The summed E-state index contributed by atoms with van der Waals surface area (Å²) in [6.07, 6.45) is -1.25. The van der Waals surface area contributed by atoms with Gasteiger partial charge in [0.15, 0.2) is 0 Å². The van der Waals surface area contributed by atoms with Crippen LogP contribution in [-0.4, -0.2) is 18.1 Å². The number of halogens is 2. The average molecular weight is 138 g/mol. The summed E-state index contributed by atoms with van der Waals surface area (Å²) in [6.45, 7) is 1.43. The fourth-order valence-corrected chi connectivity index (χ4v) is 0.668. The molecule has 1 N–H and O–H groups in total. The third-order valence-electron chi connectivity index (χ3n) is 1.25. The van der Waals surface area contributed by atoms with Crippen molar-refractivity contribution in [2.75, 3.05) is 6.61 Å². The van der Waals surface area contributed by atoms with E-state index in [1.54, 1.807) is 0 Å². The molecule has 0 saturated carbocycles. The topological polar surface area (TPSA) is 20.2 Å². The molecule has 1 unspecified atom stereocenters. The van der Waals surface area contributed by atoms with Crippen LogP contribution in [0.2, 0.25) is 0 Å². The summed E-state index contributed by atoms with van der Waals surface area (Å²) in [5.74, 6) is -0.810. The molecule has 0 spiro atoms. The van der Waals surface area contributed by atoms with E-state index in [2.05, 4.69) is 0 Å². The van der Waals surface area contributed by atoms with Gasteiger partial charge in [-0.1, -0.05) is 13.3 Å². The summed E-state index contributed by atoms with van der Waals surface area (Å²) in [5.41, 5.74) is 0. The number of aliphatic hydroxyl groups is 1. The fourth-order valence-electron chi connectivity index (χ4n) is 0.668. The lowest BCUT2D eigenvalue weighted by Crippen LogP contribution is -2.14. The van der Waals surface area contributed by atoms with Gasteiger partial charge in [-0.05, 0) is 6.42 Å². The van der Waals surface area contributed by atoms with Gasteiger partial charge in [-0.25, -0.2) is 8.78 Å². The van der Waals surface area contributed by atoms with Gasteiger partial charge in [0.25, 0.3) is 0 Å². The van der Waals surface area contributed by atoms with Crippen LogP contribution in [0.15, 0.2) is 0 Å². The highest BCUT2D eigenvalue weighted by Gasteiger charge is 2.17. The summed E-state index contributed by atoms with van der Waals surface area (Å²) >= 11 is 0. The van der Waals surface area contributed by atoms with Crippen LogP contribution in [-0.2, 0) is 0 Å². The lowest BCUT2D eigenvalue weighted by atomic mass is 10.1. The average Bonchev–Trinajstić information content (AvgIpc) is 1.82. The Balaban J connectivity index is 3.41. The first-order chi connectivity index (χ1) is 4.22. The van der Waals surface area contributed by atoms with Crippen LogP contribution in [0.5, 0.6) is 0 Å². The molecule has 0 rings (SSSR count). The van der Waals surface area contributed by atoms with E-state index in [1.165, 1.54) is 0 Å². The highest BCUT2D eigenvalue weighted by Crippen LogP contribution is 2.14. The summed E-state index contributed by atoms with van der Waals surface area (Å²) in [6, 6.07) is 0. The van der Waals surface area contributed by atoms with Gasteiger partial charge in [0.1, 0.15) is 0 Å². The molecule has 0 bridgehead atoms. The minimum absolute atomic E-state index is 0.397. The van der Waals surface area contributed by atoms with Gasteiger partial charge in [-0.15, -0.1) is 0 Å². The fraction of sp³-hybridized carbons (Fsp3) is 1.00. The van der Waals surface area contributed by atoms with E-state index in [4.69, 9.17) is 5.11 Å². The van der Waals surface area contributed by atoms with Gasteiger partial charge in [0.2, 0.25) is 6.43 Å². The third-order valence-corrected chi connectivity index (χ3v) is 1.25. The monoisotopic (exact) mass is 138 g/mol. The van der Waals surface area contributed by atoms with Crippen molar-refractivity contribution in [3.63, 3.8) is 0 Å². The Labute approximate surface area is 53.7 Å². The lowest BCUT2D eigenvalue weighted by Gasteiger charge is -2.09. The van der Waals surface area contributed by atoms with Crippen LogP contribution in [0.1, 0.15) is 19.8 Å². The second-order valence-electron chi connectivity index (χ2n) is 2.07. The largest absolute Gasteiger partial charge is 0.396 e. The van der Waals surface area contributed by atoms with E-state index in [1.807, 2.05) is 6.92 Å². The second kappa shape index (κ2) is 4.68. The molecule has 0 aromatic carbocycles. The molecule has 1 atom stereocenters. The Hall–Kier alpha value is -0.180. The first-order valence-corrected chi connectivity index (χ1v) is 3.11. The highest BCUT2D eigenvalue weighted by atomic mass is 19.3. The van der Waals surface area contributed by atoms with E-state index >= 15 is 0 Å². The van der Waals surface area contributed by atoms with Crippen LogP contribution >= 0.6 is 0 Å². The van der Waals surface area contributed by atoms with Crippen LogP contribution in [0.4, 0.5) is 8.78 Å². The standard InChI is InChI=1S/C6H12F2O/c1-2-3-5(4-9)6(7)8/h5-6,9H,2-4H2,1H3. The Bertz CT molecular complexity index is 66.1. The van der Waals surface area contributed by atoms with E-state index in [-0.39, 0.29) is 0 Å². The zero-order chi connectivity index (χ0) is 7.28. The molecule has 0 heterocycles. The maximum absolute atomic E-state index is 11.7. The third kappa shape index (κ3) is 3.40. The zero-order valence-electron chi connectivity index (χ0n) is 5.48. The molecule has 0 aliphatic carbocycles. The molecule has 0 aromatic rings. The van der Waals surface area contributed by atoms with Gasteiger partial charge in [-0.2, -0.15) is 0 Å². The van der Waals surface area contributed by atoms with Crippen molar-refractivity contribution < 1.29 is 13.9 Å². The van der Waals surface area contributed by atoms with Gasteiger partial charge >= 0.3 is 0 Å². The quantitative estimate of drug-likeness (QED) is 0.626. The molecule has 1 nitrogen and oxygen atoms in total. The summed E-state index contributed by atoms with van der Waals surface area (Å²) < 4.78 is 23.5. The predicted molar refractivity (Wildman–Crippen MR) is 31.5 cm³/mol. The van der Waals surface area contributed by atoms with E-state index in [0.717, 1.165) is 0 Å². The smallest absolute Gasteiger partial charge is 0.243 e. The number of alkyl halides is 2. The van der Waals surface area contributed by atoms with Crippen molar-refractivity contribution in [3.05, 3.63) is 0 Å². The molecular formula is C6H12F2O. The molecule has 0 saturated heterocycles. The van der Waals surface area contributed by atoms with Gasteiger partial charge in [-0.3, -0.25) is 0 Å². The Morgan fingerprint density at radius 2 is 2.00 bits per heavy atom. The highest BCUT2D eigenvalue weighted by molar-refractivity contribution is 4.57. The summed E-state index contributed by atoms with van der Waals surface area (Å²) in [5, 5.41) is 8.35. The van der Waals surface area contributed by atoms with Crippen molar-refractivity contribution in [2.24, 2.45) is 5.92 Å². The Morgan fingerprint density at radius 1 is 1.44 bits per heavy atom. The van der Waals surface area contributed by atoms with Crippen molar-refractivity contribution in [1.82, 2.24) is 0 Å². The van der Waals surface area contributed by atoms with Crippen LogP contribution < -0.4 is 0 Å². The minimum atomic E-state index is -2.37. The lowest BCUT2D eigenvalue weighted by molar-refractivity contribution is 0.0367. The molecule has 0 amide bonds. The van der Waals surface area contributed by atoms with Gasteiger partial charge in [0.05, 0.1) is 6.61 Å². The van der Waals surface area contributed by atoms with Crippen molar-refractivity contribution in [1.29, 1.82) is 0 Å². The number of aliphatic hydroxyl groups excluding tert-OH is 1. The van der Waals surface area contributed by atoms with Crippen molar-refractivity contribution >= 4 is 0 Å². The maximum Gasteiger partial charge on any atom is 0.243 e. The van der Waals surface area contributed by atoms with E-state index < -0.39 is 19.0 Å². The predicted octanol–water partition coefficient (Wildman–Crippen LogP) is 1.66.